The predicted molar refractivity (Wildman–Crippen MR) is 188 cm³/mol. The summed E-state index contributed by atoms with van der Waals surface area (Å²) in [4.78, 5) is 24.9. The Balaban J connectivity index is 1.18. The van der Waals surface area contributed by atoms with Crippen LogP contribution < -0.4 is 26.0 Å². The van der Waals surface area contributed by atoms with Gasteiger partial charge in [-0.1, -0.05) is 41.4 Å². The predicted octanol–water partition coefficient (Wildman–Crippen LogP) is 5.44. The van der Waals surface area contributed by atoms with Crippen molar-refractivity contribution in [3.8, 4) is 28.4 Å². The second kappa shape index (κ2) is 15.3. The van der Waals surface area contributed by atoms with E-state index in [1.54, 1.807) is 43.6 Å². The van der Waals surface area contributed by atoms with E-state index in [1.807, 2.05) is 12.1 Å². The van der Waals surface area contributed by atoms with E-state index < -0.39 is 15.7 Å². The largest absolute Gasteiger partial charge is 0.481 e. The molecule has 4 N–H and O–H groups in total. The van der Waals surface area contributed by atoms with Crippen LogP contribution in [0.5, 0.6) is 5.88 Å². The van der Waals surface area contributed by atoms with Gasteiger partial charge in [-0.15, -0.1) is 0 Å². The molecule has 6 rings (SSSR count). The molecule has 3 aromatic heterocycles. The molecule has 1 atom stereocenters. The first kappa shape index (κ1) is 35.0. The van der Waals surface area contributed by atoms with E-state index >= 15 is 4.39 Å². The van der Waals surface area contributed by atoms with Crippen molar-refractivity contribution in [3.05, 3.63) is 81.8 Å². The van der Waals surface area contributed by atoms with E-state index in [0.29, 0.717) is 77.0 Å². The number of nitrogens with zero attached hydrogens (tertiary/aromatic N) is 3. The molecular weight excluding hydrogens is 692 g/mol. The highest BCUT2D eigenvalue weighted by molar-refractivity contribution is 7.91. The van der Waals surface area contributed by atoms with Crippen LogP contribution in [0.2, 0.25) is 10.0 Å². The SMILES string of the molecule is COc1nc(-c2ccnc(-c3cccc(Nc4nccc(CNC5CCS(=O)(=O)CC5)c4F)c3Cl)c2Cl)ccc1CNC[C@@H]1CCC(=O)N1. The minimum absolute atomic E-state index is 0.00347. The Kier molecular flexibility index (Phi) is 10.9. The summed E-state index contributed by atoms with van der Waals surface area (Å²) >= 11 is 13.8. The molecule has 0 radical (unpaired) electrons. The highest BCUT2D eigenvalue weighted by atomic mass is 35.5. The lowest BCUT2D eigenvalue weighted by Crippen LogP contribution is -2.37. The highest BCUT2D eigenvalue weighted by Crippen LogP contribution is 2.41. The molecular formula is C34H36Cl2FN7O4S. The van der Waals surface area contributed by atoms with Crippen LogP contribution in [-0.2, 0) is 27.7 Å². The van der Waals surface area contributed by atoms with Crippen molar-refractivity contribution in [2.75, 3.05) is 30.5 Å². The number of carbonyl (C=O) groups is 1. The number of hydrogen-bond donors (Lipinski definition) is 4. The second-order valence-corrected chi connectivity index (χ2v) is 15.1. The summed E-state index contributed by atoms with van der Waals surface area (Å²) in [5.74, 6) is 0.236. The Labute approximate surface area is 294 Å². The molecule has 2 saturated heterocycles. The smallest absolute Gasteiger partial charge is 0.220 e. The van der Waals surface area contributed by atoms with Gasteiger partial charge in [-0.05, 0) is 43.5 Å². The van der Waals surface area contributed by atoms with Crippen molar-refractivity contribution in [1.82, 2.24) is 30.9 Å². The lowest BCUT2D eigenvalue weighted by atomic mass is 10.1. The minimum Gasteiger partial charge on any atom is -0.481 e. The molecule has 0 spiro atoms. The lowest BCUT2D eigenvalue weighted by molar-refractivity contribution is -0.119. The fourth-order valence-corrected chi connectivity index (χ4v) is 8.03. The van der Waals surface area contributed by atoms with Gasteiger partial charge in [0.15, 0.2) is 11.6 Å². The number of methoxy groups -OCH3 is 1. The van der Waals surface area contributed by atoms with Gasteiger partial charge in [-0.3, -0.25) is 9.78 Å². The number of aromatic nitrogens is 3. The van der Waals surface area contributed by atoms with Gasteiger partial charge in [-0.2, -0.15) is 0 Å². The van der Waals surface area contributed by atoms with Crippen LogP contribution in [-0.4, -0.2) is 66.5 Å². The third-order valence-electron chi connectivity index (χ3n) is 8.70. The molecule has 0 aliphatic carbocycles. The molecule has 2 fully saturated rings. The van der Waals surface area contributed by atoms with Crippen LogP contribution in [0.25, 0.3) is 22.5 Å². The summed E-state index contributed by atoms with van der Waals surface area (Å²) in [5.41, 5.74) is 3.79. The van der Waals surface area contributed by atoms with Crippen LogP contribution in [0.15, 0.2) is 54.9 Å². The van der Waals surface area contributed by atoms with Crippen LogP contribution in [0, 0.1) is 5.82 Å². The van der Waals surface area contributed by atoms with E-state index in [1.165, 1.54) is 6.20 Å². The van der Waals surface area contributed by atoms with Gasteiger partial charge in [0.1, 0.15) is 9.84 Å². The van der Waals surface area contributed by atoms with Crippen molar-refractivity contribution in [1.29, 1.82) is 0 Å². The molecule has 0 unspecified atom stereocenters. The number of pyridine rings is 3. The van der Waals surface area contributed by atoms with Gasteiger partial charge in [0.2, 0.25) is 11.8 Å². The number of amides is 1. The fraction of sp³-hybridized carbons (Fsp3) is 0.353. The van der Waals surface area contributed by atoms with Gasteiger partial charge >= 0.3 is 0 Å². The average molecular weight is 729 g/mol. The molecule has 2 aliphatic rings. The van der Waals surface area contributed by atoms with Crippen molar-refractivity contribution >= 4 is 50.5 Å². The molecule has 0 bridgehead atoms. The molecule has 258 valence electrons. The number of nitrogens with one attached hydrogen (secondary N) is 4. The number of anilines is 2. The third kappa shape index (κ3) is 8.30. The number of halogens is 3. The highest BCUT2D eigenvalue weighted by Gasteiger charge is 2.24. The van der Waals surface area contributed by atoms with Gasteiger partial charge in [0, 0.05) is 72.8 Å². The first-order valence-electron chi connectivity index (χ1n) is 15.9. The van der Waals surface area contributed by atoms with E-state index in [0.717, 1.165) is 12.0 Å². The number of rotatable bonds is 12. The van der Waals surface area contributed by atoms with Crippen molar-refractivity contribution in [2.24, 2.45) is 0 Å². The van der Waals surface area contributed by atoms with Crippen molar-refractivity contribution in [2.45, 2.75) is 50.9 Å². The number of hydrogen-bond acceptors (Lipinski definition) is 10. The normalized spacial score (nSPS) is 17.6. The first-order chi connectivity index (χ1) is 23.6. The van der Waals surface area contributed by atoms with Crippen LogP contribution in [0.3, 0.4) is 0 Å². The van der Waals surface area contributed by atoms with Crippen LogP contribution in [0.1, 0.15) is 36.8 Å². The average Bonchev–Trinajstić information content (AvgIpc) is 3.51. The van der Waals surface area contributed by atoms with Crippen LogP contribution >= 0.6 is 23.2 Å². The van der Waals surface area contributed by atoms with Gasteiger partial charge in [0.25, 0.3) is 0 Å². The molecule has 2 aliphatic heterocycles. The Bertz CT molecular complexity index is 1950. The summed E-state index contributed by atoms with van der Waals surface area (Å²) < 4.78 is 44.6. The number of sulfone groups is 1. The van der Waals surface area contributed by atoms with Gasteiger partial charge in [-0.25, -0.2) is 22.8 Å². The molecule has 1 aromatic carbocycles. The van der Waals surface area contributed by atoms with E-state index in [2.05, 4.69) is 31.2 Å². The summed E-state index contributed by atoms with van der Waals surface area (Å²) in [6.07, 6.45) is 5.47. The van der Waals surface area contributed by atoms with Gasteiger partial charge < -0.3 is 26.0 Å². The van der Waals surface area contributed by atoms with Gasteiger partial charge in [0.05, 0.1) is 45.7 Å². The molecule has 15 heteroatoms. The first-order valence-corrected chi connectivity index (χ1v) is 18.5. The zero-order valence-corrected chi connectivity index (χ0v) is 29.1. The number of carbonyl (C=O) groups excluding carboxylic acids is 1. The number of benzene rings is 1. The monoisotopic (exact) mass is 727 g/mol. The van der Waals surface area contributed by atoms with Crippen molar-refractivity contribution in [3.63, 3.8) is 0 Å². The Morgan fingerprint density at radius 1 is 0.959 bits per heavy atom. The Hall–Kier alpha value is -3.88. The Morgan fingerprint density at radius 3 is 2.51 bits per heavy atom. The summed E-state index contributed by atoms with van der Waals surface area (Å²) in [5, 5.41) is 13.2. The zero-order valence-electron chi connectivity index (χ0n) is 26.7. The minimum atomic E-state index is -2.99. The maximum absolute atomic E-state index is 15.6. The second-order valence-electron chi connectivity index (χ2n) is 12.1. The summed E-state index contributed by atoms with van der Waals surface area (Å²) in [6.45, 7) is 1.38. The van der Waals surface area contributed by atoms with Crippen molar-refractivity contribution < 1.29 is 22.3 Å². The quantitative estimate of drug-likeness (QED) is 0.149. The molecule has 0 saturated carbocycles. The maximum atomic E-state index is 15.6. The van der Waals surface area contributed by atoms with E-state index in [4.69, 9.17) is 32.9 Å². The van der Waals surface area contributed by atoms with E-state index in [-0.39, 0.29) is 46.9 Å². The zero-order chi connectivity index (χ0) is 34.5. The summed E-state index contributed by atoms with van der Waals surface area (Å²) in [7, 11) is -1.43. The molecule has 49 heavy (non-hydrogen) atoms. The van der Waals surface area contributed by atoms with Crippen LogP contribution in [0.4, 0.5) is 15.9 Å². The molecule has 11 nitrogen and oxygen atoms in total. The molecule has 1 amide bonds. The standard InChI is InChI=1S/C34H36Cl2FN7O4S/c1-48-34-21(17-38-19-23-6-8-28(45)42-23)5-7-26(44-34)24-10-14-39-32(30(24)36)25-3-2-4-27(29(25)35)43-33-31(37)20(9-13-40-33)18-41-22-11-15-49(46,47)16-12-22/h2-5,7,9-10,13-14,22-23,38,41H,6,8,11-12,15-19H2,1H3,(H,40,43)(H,42,45)/t23-/m0/s1. The molecule has 4 aromatic rings. The van der Waals surface area contributed by atoms with E-state index in [9.17, 15) is 13.2 Å². The topological polar surface area (TPSA) is 147 Å². The Morgan fingerprint density at radius 2 is 1.76 bits per heavy atom. The third-order valence-corrected chi connectivity index (χ3v) is 11.2. The fourth-order valence-electron chi connectivity index (χ4n) is 5.97. The molecule has 5 heterocycles. The number of ether oxygens (including phenoxy) is 1. The lowest BCUT2D eigenvalue weighted by Gasteiger charge is -2.23. The summed E-state index contributed by atoms with van der Waals surface area (Å²) in [6, 6.07) is 12.5. The maximum Gasteiger partial charge on any atom is 0.220 e.